The number of urea groups is 1. The molecule has 4 rings (SSSR count). The Labute approximate surface area is 176 Å². The molecule has 2 N–H and O–H groups in total. The zero-order chi connectivity index (χ0) is 21.1. The van der Waals surface area contributed by atoms with Crippen LogP contribution in [-0.4, -0.2) is 18.0 Å². The van der Waals surface area contributed by atoms with Crippen LogP contribution >= 0.6 is 0 Å². The van der Waals surface area contributed by atoms with Crippen molar-refractivity contribution in [2.45, 2.75) is 32.9 Å². The Morgan fingerprint density at radius 2 is 1.73 bits per heavy atom. The van der Waals surface area contributed by atoms with Crippen molar-refractivity contribution in [1.29, 1.82) is 0 Å². The number of anilines is 2. The molecule has 1 atom stereocenters. The predicted octanol–water partition coefficient (Wildman–Crippen LogP) is 4.91. The van der Waals surface area contributed by atoms with Crippen LogP contribution in [0, 0.1) is 6.92 Å². The molecule has 152 valence electrons. The van der Waals surface area contributed by atoms with Gasteiger partial charge in [-0.3, -0.25) is 4.79 Å². The fourth-order valence-corrected chi connectivity index (χ4v) is 3.85. The Hall–Kier alpha value is -3.60. The van der Waals surface area contributed by atoms with Crippen molar-refractivity contribution in [3.63, 3.8) is 0 Å². The zero-order valence-corrected chi connectivity index (χ0v) is 17.2. The molecule has 0 aromatic heterocycles. The maximum Gasteiger partial charge on any atom is 0.319 e. The van der Waals surface area contributed by atoms with E-state index in [-0.39, 0.29) is 18.0 Å². The second-order valence-corrected chi connectivity index (χ2v) is 7.68. The van der Waals surface area contributed by atoms with Crippen LogP contribution in [-0.2, 0) is 13.0 Å². The van der Waals surface area contributed by atoms with E-state index < -0.39 is 0 Å². The summed E-state index contributed by atoms with van der Waals surface area (Å²) in [7, 11) is 0. The van der Waals surface area contributed by atoms with Crippen molar-refractivity contribution in [2.75, 3.05) is 10.2 Å². The number of carbonyl (C=O) groups excluding carboxylic acids is 2. The van der Waals surface area contributed by atoms with Gasteiger partial charge in [-0.25, -0.2) is 4.79 Å². The number of hydrogen-bond acceptors (Lipinski definition) is 2. The molecule has 30 heavy (non-hydrogen) atoms. The number of benzene rings is 3. The van der Waals surface area contributed by atoms with E-state index in [2.05, 4.69) is 23.6 Å². The summed E-state index contributed by atoms with van der Waals surface area (Å²) in [5.74, 6) is 0.00394. The van der Waals surface area contributed by atoms with E-state index in [0.29, 0.717) is 12.1 Å². The van der Waals surface area contributed by atoms with E-state index in [1.807, 2.05) is 78.6 Å². The maximum atomic E-state index is 13.1. The Morgan fingerprint density at radius 1 is 1.00 bits per heavy atom. The standard InChI is InChI=1S/C25H25N3O2/c1-17-8-6-7-11-22(17)27-25(30)26-16-19-12-13-21-14-18(2)28(23(21)15-19)24(29)20-9-4-3-5-10-20/h3-13,15,18H,14,16H2,1-2H3,(H2,26,27,30)/t18-/m1/s1. The third kappa shape index (κ3) is 4.06. The first-order valence-electron chi connectivity index (χ1n) is 10.1. The molecule has 0 fully saturated rings. The van der Waals surface area contributed by atoms with Crippen LogP contribution in [0.2, 0.25) is 0 Å². The highest BCUT2D eigenvalue weighted by molar-refractivity contribution is 6.07. The monoisotopic (exact) mass is 399 g/mol. The molecule has 0 saturated carbocycles. The van der Waals surface area contributed by atoms with E-state index in [0.717, 1.165) is 34.5 Å². The lowest BCUT2D eigenvalue weighted by Crippen LogP contribution is -2.35. The van der Waals surface area contributed by atoms with E-state index in [1.165, 1.54) is 0 Å². The third-order valence-electron chi connectivity index (χ3n) is 5.45. The van der Waals surface area contributed by atoms with Crippen LogP contribution in [0.4, 0.5) is 16.2 Å². The number of aryl methyl sites for hydroxylation is 1. The Balaban J connectivity index is 1.47. The van der Waals surface area contributed by atoms with Crippen LogP contribution in [0.25, 0.3) is 0 Å². The molecule has 0 spiro atoms. The van der Waals surface area contributed by atoms with Crippen LogP contribution in [0.1, 0.15) is 34.0 Å². The van der Waals surface area contributed by atoms with Crippen LogP contribution in [0.3, 0.4) is 0 Å². The fraction of sp³-hybridized carbons (Fsp3) is 0.200. The minimum Gasteiger partial charge on any atom is -0.334 e. The average Bonchev–Trinajstić information content (AvgIpc) is 3.09. The summed E-state index contributed by atoms with van der Waals surface area (Å²) in [4.78, 5) is 27.2. The molecular weight excluding hydrogens is 374 g/mol. The van der Waals surface area contributed by atoms with Gasteiger partial charge < -0.3 is 15.5 Å². The third-order valence-corrected chi connectivity index (χ3v) is 5.45. The molecule has 0 bridgehead atoms. The summed E-state index contributed by atoms with van der Waals surface area (Å²) >= 11 is 0. The van der Waals surface area contributed by atoms with Crippen LogP contribution in [0.15, 0.2) is 72.8 Å². The number of carbonyl (C=O) groups is 2. The molecule has 0 unspecified atom stereocenters. The van der Waals surface area contributed by atoms with E-state index in [1.54, 1.807) is 0 Å². The van der Waals surface area contributed by atoms with Gasteiger partial charge in [0.25, 0.3) is 5.91 Å². The lowest BCUT2D eigenvalue weighted by atomic mass is 10.1. The highest BCUT2D eigenvalue weighted by atomic mass is 16.2. The van der Waals surface area contributed by atoms with Gasteiger partial charge in [0.1, 0.15) is 0 Å². The Morgan fingerprint density at radius 3 is 2.50 bits per heavy atom. The van der Waals surface area contributed by atoms with Crippen molar-refractivity contribution in [2.24, 2.45) is 0 Å². The van der Waals surface area contributed by atoms with Gasteiger partial charge in [-0.1, -0.05) is 48.5 Å². The Kier molecular flexibility index (Phi) is 5.53. The SMILES string of the molecule is Cc1ccccc1NC(=O)NCc1ccc2c(c1)N(C(=O)c1ccccc1)[C@H](C)C2. The summed E-state index contributed by atoms with van der Waals surface area (Å²) in [6, 6.07) is 22.9. The highest BCUT2D eigenvalue weighted by Crippen LogP contribution is 2.34. The topological polar surface area (TPSA) is 61.4 Å². The van der Waals surface area contributed by atoms with Crippen molar-refractivity contribution in [3.05, 3.63) is 95.1 Å². The van der Waals surface area contributed by atoms with Crippen molar-refractivity contribution >= 4 is 23.3 Å². The lowest BCUT2D eigenvalue weighted by Gasteiger charge is -2.23. The smallest absolute Gasteiger partial charge is 0.319 e. The minimum atomic E-state index is -0.254. The minimum absolute atomic E-state index is 0.00394. The molecule has 5 heteroatoms. The van der Waals surface area contributed by atoms with Gasteiger partial charge in [0, 0.05) is 29.5 Å². The molecule has 1 aliphatic heterocycles. The largest absolute Gasteiger partial charge is 0.334 e. The number of rotatable bonds is 4. The highest BCUT2D eigenvalue weighted by Gasteiger charge is 2.31. The molecule has 3 aromatic rings. The van der Waals surface area contributed by atoms with Gasteiger partial charge >= 0.3 is 6.03 Å². The summed E-state index contributed by atoms with van der Waals surface area (Å²) in [5, 5.41) is 5.77. The molecule has 0 radical (unpaired) electrons. The first-order valence-corrected chi connectivity index (χ1v) is 10.1. The fourth-order valence-electron chi connectivity index (χ4n) is 3.85. The molecule has 3 amide bonds. The molecule has 0 aliphatic carbocycles. The molecular formula is C25H25N3O2. The van der Waals surface area contributed by atoms with Gasteiger partial charge in [0.2, 0.25) is 0 Å². The number of amides is 3. The normalized spacial score (nSPS) is 14.9. The second-order valence-electron chi connectivity index (χ2n) is 7.68. The number of nitrogens with zero attached hydrogens (tertiary/aromatic N) is 1. The van der Waals surface area contributed by atoms with E-state index >= 15 is 0 Å². The molecule has 3 aromatic carbocycles. The average molecular weight is 399 g/mol. The lowest BCUT2D eigenvalue weighted by molar-refractivity contribution is 0.0981. The second kappa shape index (κ2) is 8.41. The van der Waals surface area contributed by atoms with Gasteiger partial charge in [-0.2, -0.15) is 0 Å². The van der Waals surface area contributed by atoms with Gasteiger partial charge in [-0.05, 0) is 61.2 Å². The molecule has 5 nitrogen and oxygen atoms in total. The first kappa shape index (κ1) is 19.7. The summed E-state index contributed by atoms with van der Waals surface area (Å²) in [6.07, 6.45) is 0.829. The first-order chi connectivity index (χ1) is 14.5. The zero-order valence-electron chi connectivity index (χ0n) is 17.2. The predicted molar refractivity (Wildman–Crippen MR) is 120 cm³/mol. The summed E-state index contributed by atoms with van der Waals surface area (Å²) in [5.41, 5.74) is 5.51. The molecule has 1 aliphatic rings. The Bertz CT molecular complexity index is 1080. The summed E-state index contributed by atoms with van der Waals surface area (Å²) < 4.78 is 0. The number of nitrogens with one attached hydrogen (secondary N) is 2. The molecule has 0 saturated heterocycles. The van der Waals surface area contributed by atoms with Gasteiger partial charge in [-0.15, -0.1) is 0 Å². The van der Waals surface area contributed by atoms with Crippen LogP contribution in [0.5, 0.6) is 0 Å². The number of hydrogen-bond donors (Lipinski definition) is 2. The van der Waals surface area contributed by atoms with Gasteiger partial charge in [0.05, 0.1) is 0 Å². The quantitative estimate of drug-likeness (QED) is 0.655. The van der Waals surface area contributed by atoms with E-state index in [9.17, 15) is 9.59 Å². The number of fused-ring (bicyclic) bond motifs is 1. The maximum absolute atomic E-state index is 13.1. The van der Waals surface area contributed by atoms with Gasteiger partial charge in [0.15, 0.2) is 0 Å². The number of para-hydroxylation sites is 1. The van der Waals surface area contributed by atoms with E-state index in [4.69, 9.17) is 0 Å². The summed E-state index contributed by atoms with van der Waals surface area (Å²) in [6.45, 7) is 4.40. The molecule has 1 heterocycles. The van der Waals surface area contributed by atoms with Crippen LogP contribution < -0.4 is 15.5 Å². The van der Waals surface area contributed by atoms with Crippen molar-refractivity contribution < 1.29 is 9.59 Å². The van der Waals surface area contributed by atoms with Crippen molar-refractivity contribution in [3.8, 4) is 0 Å². The van der Waals surface area contributed by atoms with Crippen molar-refractivity contribution in [1.82, 2.24) is 5.32 Å².